The number of carbonyl (C=O) groups is 3. The van der Waals surface area contributed by atoms with Crippen molar-refractivity contribution in [2.75, 3.05) is 5.32 Å². The Morgan fingerprint density at radius 2 is 1.59 bits per heavy atom. The van der Waals surface area contributed by atoms with Gasteiger partial charge in [0.25, 0.3) is 11.7 Å². The number of hydrogen-bond acceptors (Lipinski definition) is 6. The topological polar surface area (TPSA) is 93.7 Å². The van der Waals surface area contributed by atoms with Gasteiger partial charge in [-0.3, -0.25) is 4.79 Å². The fourth-order valence-corrected chi connectivity index (χ4v) is 3.60. The molecule has 1 saturated carbocycles. The van der Waals surface area contributed by atoms with Crippen molar-refractivity contribution in [1.29, 1.82) is 0 Å². The molecule has 0 spiro atoms. The number of carbonyl (C=O) groups excluding carboxylic acids is 3. The van der Waals surface area contributed by atoms with Crippen LogP contribution in [-0.2, 0) is 19.1 Å². The molecule has 1 saturated heterocycles. The van der Waals surface area contributed by atoms with Gasteiger partial charge >= 0.3 is 11.9 Å². The molecule has 0 atom stereocenters. The van der Waals surface area contributed by atoms with Gasteiger partial charge in [-0.05, 0) is 25.0 Å². The minimum atomic E-state index is -1.29. The lowest BCUT2D eigenvalue weighted by atomic mass is 9.96. The average molecular weight is 400 g/mol. The molecule has 1 amide bonds. The SMILES string of the molecule is CC1(C)OC(=O)C(=CNc2ccccc2C(=O)NC2CCCCCCC2)C(=O)O1. The van der Waals surface area contributed by atoms with Crippen molar-refractivity contribution in [1.82, 2.24) is 5.32 Å². The van der Waals surface area contributed by atoms with Gasteiger partial charge in [0.15, 0.2) is 5.57 Å². The van der Waals surface area contributed by atoms with Crippen molar-refractivity contribution >= 4 is 23.5 Å². The summed E-state index contributed by atoms with van der Waals surface area (Å²) >= 11 is 0. The van der Waals surface area contributed by atoms with E-state index in [0.717, 1.165) is 25.7 Å². The molecule has 3 rings (SSSR count). The first-order chi connectivity index (χ1) is 13.9. The molecular formula is C22H28N2O5. The highest BCUT2D eigenvalue weighted by Crippen LogP contribution is 2.24. The number of cyclic esters (lactones) is 2. The quantitative estimate of drug-likeness (QED) is 0.455. The summed E-state index contributed by atoms with van der Waals surface area (Å²) in [7, 11) is 0. The number of anilines is 1. The summed E-state index contributed by atoms with van der Waals surface area (Å²) in [4.78, 5) is 37.0. The lowest BCUT2D eigenvalue weighted by Gasteiger charge is -2.29. The van der Waals surface area contributed by atoms with Crippen molar-refractivity contribution < 1.29 is 23.9 Å². The largest absolute Gasteiger partial charge is 0.419 e. The van der Waals surface area contributed by atoms with E-state index in [9.17, 15) is 14.4 Å². The number of para-hydroxylation sites is 1. The number of hydrogen-bond donors (Lipinski definition) is 2. The minimum absolute atomic E-state index is 0.166. The van der Waals surface area contributed by atoms with Crippen LogP contribution >= 0.6 is 0 Å². The predicted octanol–water partition coefficient (Wildman–Crippen LogP) is 3.66. The summed E-state index contributed by atoms with van der Waals surface area (Å²) in [5.74, 6) is -3.00. The fourth-order valence-electron chi connectivity index (χ4n) is 3.60. The Bertz CT molecular complexity index is 785. The zero-order valence-corrected chi connectivity index (χ0v) is 17.0. The van der Waals surface area contributed by atoms with E-state index < -0.39 is 17.7 Å². The van der Waals surface area contributed by atoms with Crippen molar-refractivity contribution in [3.63, 3.8) is 0 Å². The Balaban J connectivity index is 1.71. The summed E-state index contributed by atoms with van der Waals surface area (Å²) in [6, 6.07) is 7.14. The first-order valence-corrected chi connectivity index (χ1v) is 10.2. The van der Waals surface area contributed by atoms with Gasteiger partial charge in [-0.25, -0.2) is 9.59 Å². The first-order valence-electron chi connectivity index (χ1n) is 10.2. The van der Waals surface area contributed by atoms with Crippen molar-refractivity contribution in [3.05, 3.63) is 41.6 Å². The van der Waals surface area contributed by atoms with Crippen molar-refractivity contribution in [3.8, 4) is 0 Å². The molecule has 0 aromatic heterocycles. The van der Waals surface area contributed by atoms with E-state index in [-0.39, 0.29) is 17.5 Å². The Morgan fingerprint density at radius 3 is 2.24 bits per heavy atom. The lowest BCUT2D eigenvalue weighted by Crippen LogP contribution is -2.42. The van der Waals surface area contributed by atoms with Crippen molar-refractivity contribution in [2.45, 2.75) is 70.6 Å². The van der Waals surface area contributed by atoms with Crippen LogP contribution < -0.4 is 10.6 Å². The zero-order valence-electron chi connectivity index (χ0n) is 17.0. The van der Waals surface area contributed by atoms with E-state index in [1.165, 1.54) is 39.3 Å². The van der Waals surface area contributed by atoms with Crippen LogP contribution in [0.2, 0.25) is 0 Å². The molecule has 2 N–H and O–H groups in total. The summed E-state index contributed by atoms with van der Waals surface area (Å²) in [5.41, 5.74) is 0.692. The molecule has 156 valence electrons. The third-order valence-electron chi connectivity index (χ3n) is 5.10. The van der Waals surface area contributed by atoms with Crippen molar-refractivity contribution in [2.24, 2.45) is 0 Å². The second kappa shape index (κ2) is 9.11. The van der Waals surface area contributed by atoms with Gasteiger partial charge in [-0.15, -0.1) is 0 Å². The summed E-state index contributed by atoms with van der Waals surface area (Å²) < 4.78 is 10.2. The van der Waals surface area contributed by atoms with Gasteiger partial charge in [0, 0.05) is 26.1 Å². The first kappa shape index (κ1) is 20.9. The smallest absolute Gasteiger partial charge is 0.350 e. The molecule has 1 aromatic rings. The lowest BCUT2D eigenvalue weighted by molar-refractivity contribution is -0.222. The number of rotatable bonds is 4. The highest BCUT2D eigenvalue weighted by atomic mass is 16.7. The van der Waals surface area contributed by atoms with Crippen LogP contribution in [0.5, 0.6) is 0 Å². The van der Waals surface area contributed by atoms with Gasteiger partial charge in [-0.2, -0.15) is 0 Å². The summed E-state index contributed by atoms with van der Waals surface area (Å²) in [6.07, 6.45) is 9.13. The standard InChI is InChI=1S/C22H28N2O5/c1-22(2)28-20(26)17(21(27)29-22)14-23-18-13-9-8-12-16(18)19(25)24-15-10-6-4-3-5-7-11-15/h8-9,12-15,23H,3-7,10-11H2,1-2H3,(H,24,25). The molecule has 0 unspecified atom stereocenters. The van der Waals surface area contributed by atoms with Crippen LogP contribution in [0.1, 0.15) is 69.2 Å². The van der Waals surface area contributed by atoms with E-state index in [0.29, 0.717) is 11.3 Å². The number of ether oxygens (including phenoxy) is 2. The molecule has 0 bridgehead atoms. The normalized spacial score (nSPS) is 20.0. The average Bonchev–Trinajstić information content (AvgIpc) is 2.62. The van der Waals surface area contributed by atoms with E-state index >= 15 is 0 Å². The Morgan fingerprint density at radius 1 is 1.00 bits per heavy atom. The number of benzene rings is 1. The van der Waals surface area contributed by atoms with Crippen LogP contribution in [0.15, 0.2) is 36.0 Å². The monoisotopic (exact) mass is 400 g/mol. The van der Waals surface area contributed by atoms with Gasteiger partial charge < -0.3 is 20.1 Å². The maximum atomic E-state index is 12.8. The second-order valence-electron chi connectivity index (χ2n) is 7.94. The molecule has 0 radical (unpaired) electrons. The zero-order chi connectivity index (χ0) is 20.9. The molecule has 2 fully saturated rings. The number of nitrogens with one attached hydrogen (secondary N) is 2. The maximum Gasteiger partial charge on any atom is 0.350 e. The number of esters is 2. The van der Waals surface area contributed by atoms with Gasteiger partial charge in [0.1, 0.15) is 0 Å². The highest BCUT2D eigenvalue weighted by molar-refractivity contribution is 6.15. The molecule has 2 aliphatic rings. The maximum absolute atomic E-state index is 12.8. The Kier molecular flexibility index (Phi) is 6.56. The molecular weight excluding hydrogens is 372 g/mol. The molecule has 7 nitrogen and oxygen atoms in total. The molecule has 1 heterocycles. The predicted molar refractivity (Wildman–Crippen MR) is 108 cm³/mol. The van der Waals surface area contributed by atoms with Crippen LogP contribution in [0.4, 0.5) is 5.69 Å². The van der Waals surface area contributed by atoms with Crippen LogP contribution in [0.25, 0.3) is 0 Å². The van der Waals surface area contributed by atoms with E-state index in [4.69, 9.17) is 9.47 Å². The van der Waals surface area contributed by atoms with E-state index in [1.54, 1.807) is 24.3 Å². The molecule has 7 heteroatoms. The minimum Gasteiger partial charge on any atom is -0.419 e. The summed E-state index contributed by atoms with van der Waals surface area (Å²) in [5, 5.41) is 6.01. The third-order valence-corrected chi connectivity index (χ3v) is 5.10. The molecule has 1 aromatic carbocycles. The van der Waals surface area contributed by atoms with Crippen LogP contribution in [-0.4, -0.2) is 29.7 Å². The Labute approximate surface area is 170 Å². The second-order valence-corrected chi connectivity index (χ2v) is 7.94. The molecule has 1 aliphatic heterocycles. The highest BCUT2D eigenvalue weighted by Gasteiger charge is 2.39. The van der Waals surface area contributed by atoms with E-state index in [1.807, 2.05) is 0 Å². The fraction of sp³-hybridized carbons (Fsp3) is 0.500. The van der Waals surface area contributed by atoms with Gasteiger partial charge in [-0.1, -0.05) is 44.2 Å². The summed E-state index contributed by atoms with van der Waals surface area (Å²) in [6.45, 7) is 2.98. The molecule has 1 aliphatic carbocycles. The van der Waals surface area contributed by atoms with Crippen LogP contribution in [0, 0.1) is 0 Å². The third kappa shape index (κ3) is 5.59. The van der Waals surface area contributed by atoms with Gasteiger partial charge in [0.2, 0.25) is 0 Å². The molecule has 29 heavy (non-hydrogen) atoms. The van der Waals surface area contributed by atoms with Crippen LogP contribution in [0.3, 0.4) is 0 Å². The number of amides is 1. The van der Waals surface area contributed by atoms with E-state index in [2.05, 4.69) is 10.6 Å². The Hall–Kier alpha value is -2.83. The van der Waals surface area contributed by atoms with Gasteiger partial charge in [0.05, 0.1) is 11.3 Å².